The van der Waals surface area contributed by atoms with Crippen molar-refractivity contribution in [3.05, 3.63) is 66.0 Å². The van der Waals surface area contributed by atoms with Crippen LogP contribution in [0.2, 0.25) is 0 Å². The van der Waals surface area contributed by atoms with E-state index in [9.17, 15) is 22.8 Å². The number of amides is 2. The zero-order chi connectivity index (χ0) is 25.7. The van der Waals surface area contributed by atoms with Gasteiger partial charge in [0.05, 0.1) is 5.56 Å². The van der Waals surface area contributed by atoms with Gasteiger partial charge in [-0.05, 0) is 31.0 Å². The van der Waals surface area contributed by atoms with Crippen LogP contribution >= 0.6 is 11.6 Å². The molecule has 1 atom stereocenters. The van der Waals surface area contributed by atoms with E-state index in [0.29, 0.717) is 5.56 Å². The zero-order valence-electron chi connectivity index (χ0n) is 19.2. The van der Waals surface area contributed by atoms with Gasteiger partial charge in [0.2, 0.25) is 17.7 Å². The summed E-state index contributed by atoms with van der Waals surface area (Å²) in [5.74, 6) is -1.67. The van der Waals surface area contributed by atoms with Gasteiger partial charge < -0.3 is 9.84 Å². The highest BCUT2D eigenvalue weighted by Gasteiger charge is 2.36. The van der Waals surface area contributed by atoms with E-state index >= 15 is 0 Å². The predicted molar refractivity (Wildman–Crippen MR) is 127 cm³/mol. The second-order valence-corrected chi connectivity index (χ2v) is 8.83. The number of anilines is 1. The summed E-state index contributed by atoms with van der Waals surface area (Å²) in [5.41, 5.74) is -0.219. The molecule has 11 heteroatoms. The Kier molecular flexibility index (Phi) is 7.93. The molecule has 36 heavy (non-hydrogen) atoms. The second kappa shape index (κ2) is 11.1. The molecule has 0 aliphatic heterocycles. The lowest BCUT2D eigenvalue weighted by molar-refractivity contribution is -0.137. The molecular formula is C25H24ClF3N4O3. The van der Waals surface area contributed by atoms with Crippen molar-refractivity contribution in [3.63, 3.8) is 0 Å². The molecule has 3 aromatic rings. The van der Waals surface area contributed by atoms with E-state index in [1.54, 1.807) is 12.1 Å². The van der Waals surface area contributed by atoms with Crippen molar-refractivity contribution < 1.29 is 27.3 Å². The molecule has 4 rings (SSSR count). The molecule has 2 aromatic heterocycles. The van der Waals surface area contributed by atoms with Crippen LogP contribution in [0.25, 0.3) is 11.3 Å². The molecule has 0 radical (unpaired) electrons. The van der Waals surface area contributed by atoms with Crippen molar-refractivity contribution in [3.8, 4) is 11.3 Å². The monoisotopic (exact) mass is 520 g/mol. The number of halogens is 4. The number of hydrogen-bond donors (Lipinski definition) is 1. The van der Waals surface area contributed by atoms with E-state index < -0.39 is 35.5 Å². The van der Waals surface area contributed by atoms with E-state index in [0.717, 1.165) is 49.1 Å². The number of benzene rings is 1. The lowest BCUT2D eigenvalue weighted by Crippen LogP contribution is -2.47. The SMILES string of the molecule is O=C(NC1CCCCC1)C(c1cccnc1)N(C(=O)CCl)c1cc(-c2cccc(C(F)(F)F)c2)no1. The first-order valence-electron chi connectivity index (χ1n) is 11.5. The molecule has 2 amide bonds. The molecule has 190 valence electrons. The summed E-state index contributed by atoms with van der Waals surface area (Å²) < 4.78 is 44.9. The van der Waals surface area contributed by atoms with Gasteiger partial charge in [-0.2, -0.15) is 13.2 Å². The zero-order valence-corrected chi connectivity index (χ0v) is 19.9. The van der Waals surface area contributed by atoms with E-state index in [4.69, 9.17) is 16.1 Å². The van der Waals surface area contributed by atoms with Crippen LogP contribution in [0, 0.1) is 0 Å². The lowest BCUT2D eigenvalue weighted by atomic mass is 9.95. The number of pyridine rings is 1. The molecule has 0 saturated heterocycles. The first-order valence-corrected chi connectivity index (χ1v) is 12.0. The Hall–Kier alpha value is -3.40. The third kappa shape index (κ3) is 5.87. The molecule has 0 bridgehead atoms. The van der Waals surface area contributed by atoms with Gasteiger partial charge in [0.25, 0.3) is 0 Å². The van der Waals surface area contributed by atoms with Crippen LogP contribution in [0.3, 0.4) is 0 Å². The fourth-order valence-electron chi connectivity index (χ4n) is 4.31. The van der Waals surface area contributed by atoms with Crippen LogP contribution in [-0.4, -0.2) is 33.9 Å². The largest absolute Gasteiger partial charge is 0.416 e. The van der Waals surface area contributed by atoms with Crippen LogP contribution < -0.4 is 10.2 Å². The van der Waals surface area contributed by atoms with Crippen molar-refractivity contribution in [2.45, 2.75) is 50.4 Å². The summed E-state index contributed by atoms with van der Waals surface area (Å²) in [6, 6.07) is 7.97. The third-order valence-corrected chi connectivity index (χ3v) is 6.29. The van der Waals surface area contributed by atoms with Crippen LogP contribution in [0.5, 0.6) is 0 Å². The maximum atomic E-state index is 13.5. The van der Waals surface area contributed by atoms with Crippen LogP contribution in [0.4, 0.5) is 19.1 Å². The standard InChI is InChI=1S/C25H24ClF3N4O3/c26-14-21(34)33(22-13-20(32-36-22)16-6-4-8-18(12-16)25(27,28)29)23(17-7-5-11-30-15-17)24(35)31-19-9-2-1-3-10-19/h4-8,11-13,15,19,23H,1-3,9-10,14H2,(H,31,35). The molecule has 1 saturated carbocycles. The van der Waals surface area contributed by atoms with Crippen molar-refractivity contribution in [2.75, 3.05) is 10.8 Å². The van der Waals surface area contributed by atoms with Gasteiger partial charge in [-0.1, -0.05) is 42.6 Å². The molecule has 1 fully saturated rings. The number of hydrogen-bond acceptors (Lipinski definition) is 5. The molecule has 1 N–H and O–H groups in total. The smallest absolute Gasteiger partial charge is 0.351 e. The molecule has 1 aliphatic carbocycles. The maximum absolute atomic E-state index is 13.5. The topological polar surface area (TPSA) is 88.3 Å². The van der Waals surface area contributed by atoms with Gasteiger partial charge in [0, 0.05) is 35.6 Å². The third-order valence-electron chi connectivity index (χ3n) is 6.06. The second-order valence-electron chi connectivity index (χ2n) is 8.56. The Bertz CT molecular complexity index is 1200. The average Bonchev–Trinajstić information content (AvgIpc) is 3.37. The highest BCUT2D eigenvalue weighted by Crippen LogP contribution is 2.35. The van der Waals surface area contributed by atoms with E-state index in [-0.39, 0.29) is 23.2 Å². The lowest BCUT2D eigenvalue weighted by Gasteiger charge is -2.31. The number of nitrogens with zero attached hydrogens (tertiary/aromatic N) is 3. The molecule has 0 spiro atoms. The fourth-order valence-corrected chi connectivity index (χ4v) is 4.44. The van der Waals surface area contributed by atoms with Crippen molar-refractivity contribution >= 4 is 29.3 Å². The van der Waals surface area contributed by atoms with Gasteiger partial charge in [-0.25, -0.2) is 0 Å². The van der Waals surface area contributed by atoms with E-state index in [1.165, 1.54) is 30.6 Å². The fraction of sp³-hybridized carbons (Fsp3) is 0.360. The van der Waals surface area contributed by atoms with Crippen molar-refractivity contribution in [2.24, 2.45) is 0 Å². The minimum atomic E-state index is -4.54. The Morgan fingerprint density at radius 2 is 1.92 bits per heavy atom. The Balaban J connectivity index is 1.71. The minimum absolute atomic E-state index is 0.0335. The number of rotatable bonds is 7. The molecule has 1 unspecified atom stereocenters. The van der Waals surface area contributed by atoms with E-state index in [1.807, 2.05) is 0 Å². The van der Waals surface area contributed by atoms with Gasteiger partial charge in [-0.15, -0.1) is 11.6 Å². The quantitative estimate of drug-likeness (QED) is 0.415. The number of aromatic nitrogens is 2. The maximum Gasteiger partial charge on any atom is 0.416 e. The molecular weight excluding hydrogens is 497 g/mol. The normalized spacial score (nSPS) is 15.3. The first kappa shape index (κ1) is 25.7. The van der Waals surface area contributed by atoms with Crippen LogP contribution in [0.15, 0.2) is 59.4 Å². The highest BCUT2D eigenvalue weighted by atomic mass is 35.5. The molecule has 7 nitrogen and oxygen atoms in total. The number of alkyl halides is 4. The summed E-state index contributed by atoms with van der Waals surface area (Å²) in [6.45, 7) is 0. The number of nitrogens with one attached hydrogen (secondary N) is 1. The van der Waals surface area contributed by atoms with Crippen molar-refractivity contribution in [1.29, 1.82) is 0 Å². The summed E-state index contributed by atoms with van der Waals surface area (Å²) in [7, 11) is 0. The summed E-state index contributed by atoms with van der Waals surface area (Å²) in [5, 5.41) is 6.89. The minimum Gasteiger partial charge on any atom is -0.351 e. The van der Waals surface area contributed by atoms with E-state index in [2.05, 4.69) is 15.5 Å². The average molecular weight is 521 g/mol. The van der Waals surface area contributed by atoms with Gasteiger partial charge in [0.15, 0.2) is 0 Å². The van der Waals surface area contributed by atoms with Gasteiger partial charge in [-0.3, -0.25) is 19.5 Å². The van der Waals surface area contributed by atoms with Gasteiger partial charge in [0.1, 0.15) is 17.6 Å². The van der Waals surface area contributed by atoms with Crippen molar-refractivity contribution in [1.82, 2.24) is 15.5 Å². The summed E-state index contributed by atoms with van der Waals surface area (Å²) in [4.78, 5) is 31.7. The number of carbonyl (C=O) groups excluding carboxylic acids is 2. The Morgan fingerprint density at radius 1 is 1.14 bits per heavy atom. The first-order chi connectivity index (χ1) is 17.3. The summed E-state index contributed by atoms with van der Waals surface area (Å²) >= 11 is 5.89. The molecule has 2 heterocycles. The molecule has 1 aromatic carbocycles. The number of carbonyl (C=O) groups is 2. The highest BCUT2D eigenvalue weighted by molar-refractivity contribution is 6.29. The Labute approximate surface area is 210 Å². The van der Waals surface area contributed by atoms with Crippen LogP contribution in [-0.2, 0) is 15.8 Å². The van der Waals surface area contributed by atoms with Crippen LogP contribution in [0.1, 0.15) is 49.3 Å². The molecule has 1 aliphatic rings. The summed E-state index contributed by atoms with van der Waals surface area (Å²) in [6.07, 6.45) is 3.22. The predicted octanol–water partition coefficient (Wildman–Crippen LogP) is 5.52. The van der Waals surface area contributed by atoms with Gasteiger partial charge >= 0.3 is 6.18 Å². The Morgan fingerprint density at radius 3 is 2.58 bits per heavy atom.